The Morgan fingerprint density at radius 3 is 0.726 bits per heavy atom. The van der Waals surface area contributed by atoms with Gasteiger partial charge in [-0.3, -0.25) is 14.4 Å². The molecule has 753 valence electrons. The Labute approximate surface area is 916 Å². The Balaban J connectivity index is 0.000000410. The van der Waals surface area contributed by atoms with E-state index >= 15 is 0 Å². The summed E-state index contributed by atoms with van der Waals surface area (Å²) in [5, 5.41) is 35.0. The number of allylic oxidation sites excluding steroid dienone is 6. The summed E-state index contributed by atoms with van der Waals surface area (Å²) >= 11 is 0. The summed E-state index contributed by atoms with van der Waals surface area (Å²) in [6.45, 7) is 23.3. The second-order valence-corrected chi connectivity index (χ2v) is 31.8. The minimum Gasteiger partial charge on any atom is -0.512 e. The van der Waals surface area contributed by atoms with Crippen LogP contribution in [-0.2, 0) is 101 Å². The molecule has 146 heavy (non-hydrogen) atoms. The molecular formula is C125H118Ir4N9O8-6. The molecule has 17 nitrogen and oxygen atoms in total. The molecule has 0 saturated heterocycles. The number of rotatable bonds is 16. The van der Waals surface area contributed by atoms with Crippen LogP contribution in [0.15, 0.2) is 431 Å². The van der Waals surface area contributed by atoms with Gasteiger partial charge in [0.05, 0.1) is 31.0 Å². The number of carbonyl (C=O) groups excluding carboxylic acids is 3. The first kappa shape index (κ1) is 125. The zero-order valence-electron chi connectivity index (χ0n) is 83.9. The van der Waals surface area contributed by atoms with E-state index in [2.05, 4.69) is 164 Å². The zero-order chi connectivity index (χ0) is 102. The largest absolute Gasteiger partial charge is 3.00 e. The van der Waals surface area contributed by atoms with Crippen molar-refractivity contribution in [2.45, 2.75) is 96.6 Å². The number of hydrogen-bond donors (Lipinski definition) is 4. The Hall–Kier alpha value is -14.7. The molecule has 0 bridgehead atoms. The number of nitrogens with zero attached hydrogens (tertiary/aromatic N) is 9. The van der Waals surface area contributed by atoms with E-state index in [1.807, 2.05) is 337 Å². The first-order chi connectivity index (χ1) is 68.8. The maximum atomic E-state index is 11.0. The maximum absolute atomic E-state index is 11.0. The molecule has 0 saturated carbocycles. The minimum absolute atomic E-state index is 0. The summed E-state index contributed by atoms with van der Waals surface area (Å²) in [7, 11) is 1.64. The van der Waals surface area contributed by atoms with Crippen LogP contribution in [0.25, 0.3) is 101 Å². The van der Waals surface area contributed by atoms with Gasteiger partial charge in [0, 0.05) is 152 Å². The van der Waals surface area contributed by atoms with Crippen molar-refractivity contribution in [3.05, 3.63) is 519 Å². The predicted molar refractivity (Wildman–Crippen MR) is 572 cm³/mol. The van der Waals surface area contributed by atoms with Crippen LogP contribution in [-0.4, -0.2) is 89.7 Å². The number of pyridine rings is 9. The number of ether oxygens (including phenoxy) is 1. The molecule has 0 atom stereocenters. The van der Waals surface area contributed by atoms with E-state index in [-0.39, 0.29) is 133 Å². The van der Waals surface area contributed by atoms with Gasteiger partial charge in [-0.05, 0) is 139 Å². The molecule has 0 unspecified atom stereocenters. The monoisotopic (exact) mass is 2640 g/mol. The molecule has 21 heteroatoms. The summed E-state index contributed by atoms with van der Waals surface area (Å²) < 4.78 is 5.22. The topological polar surface area (TPSA) is 257 Å². The third-order valence-electron chi connectivity index (χ3n) is 19.1. The van der Waals surface area contributed by atoms with Crippen LogP contribution in [0.3, 0.4) is 0 Å². The second-order valence-electron chi connectivity index (χ2n) is 31.8. The fourth-order valence-electron chi connectivity index (χ4n) is 11.8. The van der Waals surface area contributed by atoms with Gasteiger partial charge in [-0.15, -0.1) is 321 Å². The summed E-state index contributed by atoms with van der Waals surface area (Å²) in [6, 6.07) is 138. The van der Waals surface area contributed by atoms with Crippen molar-refractivity contribution in [2.24, 2.45) is 11.8 Å². The molecule has 0 aliphatic carbocycles. The van der Waals surface area contributed by atoms with E-state index in [1.54, 1.807) is 62.9 Å². The molecule has 9 aromatic heterocycles. The van der Waals surface area contributed by atoms with E-state index in [0.29, 0.717) is 0 Å². The van der Waals surface area contributed by atoms with Crippen LogP contribution in [0, 0.1) is 101 Å². The molecule has 4 N–H and O–H groups in total. The average molecular weight is 2640 g/mol. The first-order valence-electron chi connectivity index (χ1n) is 45.7. The second kappa shape index (κ2) is 73.4. The molecule has 9 aromatic carbocycles. The number of aromatic nitrogens is 9. The molecule has 18 rings (SSSR count). The summed E-state index contributed by atoms with van der Waals surface area (Å²) in [4.78, 5) is 69.2. The number of benzene rings is 9. The molecular weight excluding hydrogens is 2520 g/mol. The van der Waals surface area contributed by atoms with Gasteiger partial charge in [-0.2, -0.15) is 0 Å². The van der Waals surface area contributed by atoms with Crippen molar-refractivity contribution in [3.63, 3.8) is 0 Å². The van der Waals surface area contributed by atoms with Crippen LogP contribution in [0.2, 0.25) is 0 Å². The molecule has 9 heterocycles. The zero-order valence-corrected chi connectivity index (χ0v) is 93.5. The van der Waals surface area contributed by atoms with E-state index < -0.39 is 0 Å². The third kappa shape index (κ3) is 50.5. The van der Waals surface area contributed by atoms with E-state index in [4.69, 9.17) is 20.1 Å². The number of aliphatic hydroxyl groups excluding tert-OH is 4. The Kier molecular flexibility index (Phi) is 63.1. The molecule has 0 fully saturated rings. The van der Waals surface area contributed by atoms with Gasteiger partial charge in [0.15, 0.2) is 17.3 Å². The molecule has 0 aliphatic rings. The summed E-state index contributed by atoms with van der Waals surface area (Å²) in [6.07, 6.45) is 19.7. The van der Waals surface area contributed by atoms with Crippen molar-refractivity contribution in [2.75, 3.05) is 7.11 Å². The van der Waals surface area contributed by atoms with Gasteiger partial charge in [-0.1, -0.05) is 153 Å². The maximum Gasteiger partial charge on any atom is 3.00 e. The molecule has 0 amide bonds. The number of aryl methyl sites for hydroxylation is 5. The van der Waals surface area contributed by atoms with Crippen molar-refractivity contribution in [1.29, 1.82) is 0 Å². The van der Waals surface area contributed by atoms with Gasteiger partial charge in [-0.25, -0.2) is 0 Å². The van der Waals surface area contributed by atoms with E-state index in [0.717, 1.165) is 113 Å². The molecule has 0 aliphatic heterocycles. The van der Waals surface area contributed by atoms with Gasteiger partial charge < -0.3 is 70.0 Å². The van der Waals surface area contributed by atoms with Crippen molar-refractivity contribution >= 4 is 17.3 Å². The van der Waals surface area contributed by atoms with Gasteiger partial charge in [0.25, 0.3) is 0 Å². The SMILES string of the molecule is CC(=O)C=C(C)O.CC(=O)C=C(C)O.CC(C)C(=O)C=C(O)C(C)C.COc1cccnc1-c1[c-]cccc1.Cc1c[c-]c(-c2ccccn2)cc1.Cc1c[c-]c(-c2ccccn2)cc1.Cc1c[c-]c(-c2ccccn2)cc1.Cc1c[c-]c(-c2ccccn2)cc1.Cc1c[c-]c(-c2ccccn2)cc1.OCc1cccnc1-c1[c-]cccc1.[Ir+3].[Ir].[Ir].[Ir].[c-]1ccccc1-c1ccccn1.[c-]1ccccc1-c1ccccn1. The van der Waals surface area contributed by atoms with Crippen molar-refractivity contribution in [1.82, 2.24) is 44.9 Å². The standard InChI is InChI=1S/2C12H10NO.5C12H10N.2C11H8N.C9H16O2.2C5H8O2.4Ir/c1-14-11-8-5-9-13-12(11)10-6-3-2-4-7-10;14-9-11-7-4-8-13-12(11)10-5-2-1-3-6-10;5*1-10-5-7-11(8-6-10)12-4-2-3-9-13-12;2*1-2-6-10(7-3-1)11-8-4-5-9-12-11;1-6(2)8(10)5-9(11)7(3)4;2*1-4(6)3-5(2)7;;;;/h2-6,8-9H,1H3;1-5,7-8,14H,9H2;5*2-7,9H,1H3;2*1-6,8-9H;5-7,10H,1-4H3;2*3,6H,1-2H3;;;;/q9*-1;;;;;;;+3. The molecule has 0 spiro atoms. The van der Waals surface area contributed by atoms with Crippen LogP contribution in [0.4, 0.5) is 0 Å². The van der Waals surface area contributed by atoms with E-state index in [1.165, 1.54) is 73.7 Å². The van der Waals surface area contributed by atoms with Crippen LogP contribution < -0.4 is 4.74 Å². The number of aliphatic hydroxyl groups is 4. The normalized spacial score (nSPS) is 9.97. The van der Waals surface area contributed by atoms with E-state index in [9.17, 15) is 19.5 Å². The fraction of sp³-hybridized carbons (Fsp3) is 0.136. The Bertz CT molecular complexity index is 5920. The number of hydrogen-bond acceptors (Lipinski definition) is 17. The molecule has 3 radical (unpaired) electrons. The van der Waals surface area contributed by atoms with Crippen LogP contribution >= 0.6 is 0 Å². The number of ketones is 3. The average Bonchev–Trinajstić information content (AvgIpc) is 0.849. The van der Waals surface area contributed by atoms with Crippen LogP contribution in [0.5, 0.6) is 5.75 Å². The number of methoxy groups -OCH3 is 1. The third-order valence-corrected chi connectivity index (χ3v) is 19.1. The van der Waals surface area contributed by atoms with Crippen LogP contribution in [0.1, 0.15) is 88.8 Å². The Morgan fingerprint density at radius 2 is 0.527 bits per heavy atom. The van der Waals surface area contributed by atoms with Crippen molar-refractivity contribution in [3.8, 4) is 107 Å². The smallest absolute Gasteiger partial charge is 0.512 e. The van der Waals surface area contributed by atoms with Crippen molar-refractivity contribution < 1.29 is 120 Å². The van der Waals surface area contributed by atoms with Gasteiger partial charge in [0.2, 0.25) is 0 Å². The summed E-state index contributed by atoms with van der Waals surface area (Å²) in [5.41, 5.74) is 24.6. The Morgan fingerprint density at radius 1 is 0.288 bits per heavy atom. The number of carbonyl (C=O) groups is 3. The minimum atomic E-state index is -0.125. The van der Waals surface area contributed by atoms with Gasteiger partial charge >= 0.3 is 20.1 Å². The fourth-order valence-corrected chi connectivity index (χ4v) is 11.8. The van der Waals surface area contributed by atoms with Gasteiger partial charge in [0.1, 0.15) is 5.75 Å². The first-order valence-corrected chi connectivity index (χ1v) is 45.7. The predicted octanol–water partition coefficient (Wildman–Crippen LogP) is 28.4. The molecule has 18 aromatic rings. The summed E-state index contributed by atoms with van der Waals surface area (Å²) in [5.74, 6) is 0.809. The quantitative estimate of drug-likeness (QED) is 0.0398.